The Morgan fingerprint density at radius 1 is 1.12 bits per heavy atom. The number of amides is 1. The second-order valence-electron chi connectivity index (χ2n) is 9.04. The molecular weight excluding hydrogens is 539 g/mol. The van der Waals surface area contributed by atoms with Crippen LogP contribution in [0.3, 0.4) is 0 Å². The van der Waals surface area contributed by atoms with Crippen LogP contribution in [0.2, 0.25) is 5.02 Å². The summed E-state index contributed by atoms with van der Waals surface area (Å²) in [6.45, 7) is 20.8. The van der Waals surface area contributed by atoms with E-state index in [1.54, 1.807) is 0 Å². The number of halogens is 2. The number of benzene rings is 1. The third-order valence-electron chi connectivity index (χ3n) is 6.18. The fraction of sp³-hybridized carbons (Fsp3) is 0.424. The number of nitrogens with one attached hydrogen (secondary N) is 1. The van der Waals surface area contributed by atoms with Crippen LogP contribution in [0.4, 0.5) is 0 Å². The maximum atomic E-state index is 13.2. The maximum absolute atomic E-state index is 13.2. The first-order valence-corrected chi connectivity index (χ1v) is 15.1. The molecule has 0 unspecified atom stereocenters. The molecule has 40 heavy (non-hydrogen) atoms. The van der Waals surface area contributed by atoms with E-state index in [0.29, 0.717) is 36.0 Å². The molecule has 1 fully saturated rings. The minimum atomic E-state index is 0.0683. The summed E-state index contributed by atoms with van der Waals surface area (Å²) in [5.74, 6) is 0.0683. The highest BCUT2D eigenvalue weighted by Crippen LogP contribution is 2.16. The molecule has 220 valence electrons. The lowest BCUT2D eigenvalue weighted by atomic mass is 10.1. The summed E-state index contributed by atoms with van der Waals surface area (Å²) in [6, 6.07) is 7.45. The summed E-state index contributed by atoms with van der Waals surface area (Å²) in [5, 5.41) is 3.64. The topological polar surface area (TPSA) is 38.8 Å². The van der Waals surface area contributed by atoms with Gasteiger partial charge in [-0.15, -0.1) is 6.58 Å². The predicted molar refractivity (Wildman–Crippen MR) is 174 cm³/mol. The van der Waals surface area contributed by atoms with Gasteiger partial charge in [-0.1, -0.05) is 87.0 Å². The van der Waals surface area contributed by atoms with Crippen LogP contribution in [0.1, 0.15) is 52.5 Å². The first-order chi connectivity index (χ1) is 19.4. The van der Waals surface area contributed by atoms with Gasteiger partial charge in [-0.3, -0.25) is 10.2 Å². The fourth-order valence-corrected chi connectivity index (χ4v) is 4.40. The second kappa shape index (κ2) is 21.2. The number of hydrogen-bond donors (Lipinski definition) is 1. The fourth-order valence-electron chi connectivity index (χ4n) is 4.17. The molecule has 1 heterocycles. The molecule has 1 aliphatic rings. The van der Waals surface area contributed by atoms with Crippen molar-refractivity contribution in [2.75, 3.05) is 39.3 Å². The van der Waals surface area contributed by atoms with Crippen LogP contribution in [-0.4, -0.2) is 60.0 Å². The molecule has 0 radical (unpaired) electrons. The molecule has 0 atom stereocenters. The standard InChI is InChI=1S/C31H42Cl2N4O.C2H6/c1-5-9-12-30(37(19-6-2)31(38)24-26-14-16-28(33)17-15-26)13-10-18-34-36-21-11-20-35(22-23-36)29(8-4)25-27(32)7-3;1-2/h5,7-8,10,12-17,25,34H,1,4,6,9,11,18-24H2,2-3H3;1-2H3/b13-10-,27-7+,29-25+,30-12+;. The third kappa shape index (κ3) is 13.2. The molecule has 0 saturated carbocycles. The number of allylic oxidation sites excluding steroid dienone is 7. The van der Waals surface area contributed by atoms with E-state index in [1.165, 1.54) is 0 Å². The van der Waals surface area contributed by atoms with Gasteiger partial charge in [-0.05, 0) is 62.1 Å². The zero-order valence-corrected chi connectivity index (χ0v) is 26.4. The third-order valence-corrected chi connectivity index (χ3v) is 6.75. The number of carbonyl (C=O) groups excluding carboxylic acids is 1. The van der Waals surface area contributed by atoms with Gasteiger partial charge >= 0.3 is 0 Å². The summed E-state index contributed by atoms with van der Waals surface area (Å²) < 4.78 is 0. The molecule has 5 nitrogen and oxygen atoms in total. The molecule has 1 aromatic carbocycles. The lowest BCUT2D eigenvalue weighted by molar-refractivity contribution is -0.128. The SMILES string of the molecule is C=CC/C=C(\C=C/CNN1CCCN(/C(C=C)=C/C(Cl)=C\C)CC1)N(CCC)C(=O)Cc1ccc(Cl)cc1.CC. The Hall–Kier alpha value is -2.57. The first-order valence-electron chi connectivity index (χ1n) is 14.3. The Bertz CT molecular complexity index is 1030. The van der Waals surface area contributed by atoms with Gasteiger partial charge in [-0.25, -0.2) is 5.01 Å². The molecule has 0 spiro atoms. The van der Waals surface area contributed by atoms with Crippen LogP contribution in [-0.2, 0) is 11.2 Å². The lowest BCUT2D eigenvalue weighted by Gasteiger charge is -2.25. The molecule has 2 rings (SSSR count). The van der Waals surface area contributed by atoms with Crippen molar-refractivity contribution in [2.45, 2.75) is 53.4 Å². The molecule has 1 saturated heterocycles. The molecule has 7 heteroatoms. The quantitative estimate of drug-likeness (QED) is 0.178. The Balaban J connectivity index is 0.00000391. The van der Waals surface area contributed by atoms with Gasteiger partial charge in [0.1, 0.15) is 0 Å². The molecule has 0 bridgehead atoms. The molecule has 1 aliphatic heterocycles. The van der Waals surface area contributed by atoms with Crippen molar-refractivity contribution in [1.82, 2.24) is 20.2 Å². The molecule has 0 aliphatic carbocycles. The van der Waals surface area contributed by atoms with E-state index in [9.17, 15) is 4.79 Å². The van der Waals surface area contributed by atoms with Crippen molar-refractivity contribution in [3.8, 4) is 0 Å². The van der Waals surface area contributed by atoms with Gasteiger partial charge in [0.25, 0.3) is 0 Å². The van der Waals surface area contributed by atoms with Crippen LogP contribution in [0.25, 0.3) is 0 Å². The average molecular weight is 588 g/mol. The van der Waals surface area contributed by atoms with Crippen molar-refractivity contribution in [1.29, 1.82) is 0 Å². The average Bonchev–Trinajstić information content (AvgIpc) is 3.22. The van der Waals surface area contributed by atoms with Gasteiger partial charge in [0.15, 0.2) is 0 Å². The van der Waals surface area contributed by atoms with Crippen molar-refractivity contribution >= 4 is 29.1 Å². The number of carbonyl (C=O) groups is 1. The molecule has 1 aromatic rings. The lowest BCUT2D eigenvalue weighted by Crippen LogP contribution is -2.40. The summed E-state index contributed by atoms with van der Waals surface area (Å²) in [5.41, 5.74) is 6.42. The summed E-state index contributed by atoms with van der Waals surface area (Å²) in [4.78, 5) is 17.4. The highest BCUT2D eigenvalue weighted by atomic mass is 35.5. The van der Waals surface area contributed by atoms with E-state index in [4.69, 9.17) is 23.2 Å². The normalized spacial score (nSPS) is 15.3. The van der Waals surface area contributed by atoms with E-state index in [-0.39, 0.29) is 5.91 Å². The Labute approximate surface area is 253 Å². The number of nitrogens with zero attached hydrogens (tertiary/aromatic N) is 3. The van der Waals surface area contributed by atoms with Crippen molar-refractivity contribution < 1.29 is 4.79 Å². The second-order valence-corrected chi connectivity index (χ2v) is 9.91. The number of rotatable bonds is 14. The molecule has 0 aromatic heterocycles. The number of hydrazine groups is 1. The van der Waals surface area contributed by atoms with Gasteiger partial charge in [0.2, 0.25) is 5.91 Å². The van der Waals surface area contributed by atoms with Gasteiger partial charge in [0.05, 0.1) is 6.42 Å². The minimum Gasteiger partial charge on any atom is -0.370 e. The van der Waals surface area contributed by atoms with E-state index in [1.807, 2.05) is 80.3 Å². The van der Waals surface area contributed by atoms with E-state index < -0.39 is 0 Å². The van der Waals surface area contributed by atoms with E-state index >= 15 is 0 Å². The smallest absolute Gasteiger partial charge is 0.231 e. The molecular formula is C33H48Cl2N4O. The van der Waals surface area contributed by atoms with E-state index in [0.717, 1.165) is 56.0 Å². The Kier molecular flexibility index (Phi) is 18.8. The molecule has 1 N–H and O–H groups in total. The maximum Gasteiger partial charge on any atom is 0.231 e. The van der Waals surface area contributed by atoms with Gasteiger partial charge < -0.3 is 9.80 Å². The number of hydrogen-bond acceptors (Lipinski definition) is 4. The zero-order chi connectivity index (χ0) is 29.8. The van der Waals surface area contributed by atoms with Crippen LogP contribution in [0.5, 0.6) is 0 Å². The summed E-state index contributed by atoms with van der Waals surface area (Å²) in [6.07, 6.45) is 16.7. The van der Waals surface area contributed by atoms with Crippen LogP contribution in [0.15, 0.2) is 96.4 Å². The largest absolute Gasteiger partial charge is 0.370 e. The highest BCUT2D eigenvalue weighted by molar-refractivity contribution is 6.31. The predicted octanol–water partition coefficient (Wildman–Crippen LogP) is 7.89. The first kappa shape index (κ1) is 35.5. The van der Waals surface area contributed by atoms with Crippen LogP contribution < -0.4 is 5.43 Å². The van der Waals surface area contributed by atoms with E-state index in [2.05, 4.69) is 47.6 Å². The molecule has 1 amide bonds. The summed E-state index contributed by atoms with van der Waals surface area (Å²) in [7, 11) is 0. The Morgan fingerprint density at radius 3 is 2.48 bits per heavy atom. The zero-order valence-electron chi connectivity index (χ0n) is 24.8. The minimum absolute atomic E-state index is 0.0683. The van der Waals surface area contributed by atoms with Crippen LogP contribution >= 0.6 is 23.2 Å². The van der Waals surface area contributed by atoms with Crippen molar-refractivity contribution in [2.24, 2.45) is 0 Å². The van der Waals surface area contributed by atoms with Gasteiger partial charge in [-0.2, -0.15) is 0 Å². The monoisotopic (exact) mass is 586 g/mol. The highest BCUT2D eigenvalue weighted by Gasteiger charge is 2.17. The van der Waals surface area contributed by atoms with Gasteiger partial charge in [0, 0.05) is 60.7 Å². The van der Waals surface area contributed by atoms with Crippen molar-refractivity contribution in [3.63, 3.8) is 0 Å². The Morgan fingerprint density at radius 2 is 1.85 bits per heavy atom. The van der Waals surface area contributed by atoms with Crippen LogP contribution in [0, 0.1) is 0 Å². The van der Waals surface area contributed by atoms with Crippen molar-refractivity contribution in [3.05, 3.63) is 107 Å². The summed E-state index contributed by atoms with van der Waals surface area (Å²) >= 11 is 12.2.